The van der Waals surface area contributed by atoms with E-state index in [1.54, 1.807) is 0 Å². The van der Waals surface area contributed by atoms with E-state index in [1.165, 1.54) is 11.1 Å². The van der Waals surface area contributed by atoms with Crippen molar-refractivity contribution in [3.8, 4) is 0 Å². The average molecular weight is 229 g/mol. The first-order valence-corrected chi connectivity index (χ1v) is 5.94. The zero-order chi connectivity index (χ0) is 12.3. The standard InChI is InChI=1S/C14H19N3/c1-11-6-4-5-7-14(11)12(2)15-10-13-8-9-17(3)16-13/h4-9,12,15H,10H2,1-3H3/t12-/m1/s1. The van der Waals surface area contributed by atoms with Crippen molar-refractivity contribution in [2.24, 2.45) is 7.05 Å². The van der Waals surface area contributed by atoms with Gasteiger partial charge in [-0.05, 0) is 31.0 Å². The van der Waals surface area contributed by atoms with Crippen molar-refractivity contribution >= 4 is 0 Å². The zero-order valence-corrected chi connectivity index (χ0v) is 10.6. The van der Waals surface area contributed by atoms with Crippen LogP contribution in [0.15, 0.2) is 36.5 Å². The van der Waals surface area contributed by atoms with Crippen LogP contribution in [0.2, 0.25) is 0 Å². The van der Waals surface area contributed by atoms with E-state index in [1.807, 2.05) is 24.0 Å². The second-order valence-electron chi connectivity index (χ2n) is 4.44. The summed E-state index contributed by atoms with van der Waals surface area (Å²) in [6.07, 6.45) is 1.97. The monoisotopic (exact) mass is 229 g/mol. The van der Waals surface area contributed by atoms with Gasteiger partial charge in [0, 0.05) is 25.8 Å². The summed E-state index contributed by atoms with van der Waals surface area (Å²) < 4.78 is 1.83. The molecule has 1 heterocycles. The first-order valence-electron chi connectivity index (χ1n) is 5.94. The van der Waals surface area contributed by atoms with Gasteiger partial charge in [-0.2, -0.15) is 5.10 Å². The third kappa shape index (κ3) is 2.94. The molecule has 1 atom stereocenters. The average Bonchev–Trinajstić information content (AvgIpc) is 2.73. The Morgan fingerprint density at radius 3 is 2.71 bits per heavy atom. The van der Waals surface area contributed by atoms with E-state index in [-0.39, 0.29) is 0 Å². The van der Waals surface area contributed by atoms with Crippen molar-refractivity contribution in [1.29, 1.82) is 0 Å². The van der Waals surface area contributed by atoms with Gasteiger partial charge in [-0.3, -0.25) is 4.68 Å². The molecule has 0 saturated carbocycles. The fourth-order valence-electron chi connectivity index (χ4n) is 2.00. The first-order chi connectivity index (χ1) is 8.16. The maximum atomic E-state index is 4.35. The fourth-order valence-corrected chi connectivity index (χ4v) is 2.00. The lowest BCUT2D eigenvalue weighted by Crippen LogP contribution is -2.19. The van der Waals surface area contributed by atoms with Crippen LogP contribution in [0, 0.1) is 6.92 Å². The Hall–Kier alpha value is -1.61. The fraction of sp³-hybridized carbons (Fsp3) is 0.357. The van der Waals surface area contributed by atoms with Crippen LogP contribution in [0.5, 0.6) is 0 Å². The molecule has 1 N–H and O–H groups in total. The van der Waals surface area contributed by atoms with E-state index < -0.39 is 0 Å². The molecule has 0 fully saturated rings. The Kier molecular flexibility index (Phi) is 3.59. The predicted octanol–water partition coefficient (Wildman–Crippen LogP) is 2.58. The molecule has 2 rings (SSSR count). The van der Waals surface area contributed by atoms with Crippen LogP contribution in [-0.4, -0.2) is 9.78 Å². The highest BCUT2D eigenvalue weighted by molar-refractivity contribution is 5.28. The molecule has 0 unspecified atom stereocenters. The quantitative estimate of drug-likeness (QED) is 0.873. The molecule has 3 nitrogen and oxygen atoms in total. The summed E-state index contributed by atoms with van der Waals surface area (Å²) in [5, 5.41) is 7.85. The second kappa shape index (κ2) is 5.15. The van der Waals surface area contributed by atoms with Crippen molar-refractivity contribution in [2.75, 3.05) is 0 Å². The minimum absolute atomic E-state index is 0.346. The molecule has 1 aromatic heterocycles. The van der Waals surface area contributed by atoms with Crippen LogP contribution in [-0.2, 0) is 13.6 Å². The normalized spacial score (nSPS) is 12.6. The van der Waals surface area contributed by atoms with Crippen molar-refractivity contribution < 1.29 is 0 Å². The summed E-state index contributed by atoms with van der Waals surface area (Å²) in [6.45, 7) is 5.13. The second-order valence-corrected chi connectivity index (χ2v) is 4.44. The van der Waals surface area contributed by atoms with Gasteiger partial charge in [-0.15, -0.1) is 0 Å². The number of aromatic nitrogens is 2. The van der Waals surface area contributed by atoms with E-state index in [4.69, 9.17) is 0 Å². The molecular weight excluding hydrogens is 210 g/mol. The Morgan fingerprint density at radius 2 is 2.06 bits per heavy atom. The molecular formula is C14H19N3. The molecule has 0 aliphatic carbocycles. The van der Waals surface area contributed by atoms with Crippen LogP contribution in [0.4, 0.5) is 0 Å². The molecule has 2 aromatic rings. The Bertz CT molecular complexity index is 488. The maximum Gasteiger partial charge on any atom is 0.0762 e. The molecule has 0 aliphatic heterocycles. The Balaban J connectivity index is 1.98. The summed E-state index contributed by atoms with van der Waals surface area (Å²) in [5.74, 6) is 0. The highest BCUT2D eigenvalue weighted by Gasteiger charge is 2.07. The topological polar surface area (TPSA) is 29.9 Å². The lowest BCUT2D eigenvalue weighted by molar-refractivity contribution is 0.559. The first kappa shape index (κ1) is 11.9. The van der Waals surface area contributed by atoms with E-state index >= 15 is 0 Å². The summed E-state index contributed by atoms with van der Waals surface area (Å²) >= 11 is 0. The van der Waals surface area contributed by atoms with Crippen LogP contribution in [0.3, 0.4) is 0 Å². The number of rotatable bonds is 4. The molecule has 0 radical (unpaired) electrons. The van der Waals surface area contributed by atoms with Gasteiger partial charge in [-0.25, -0.2) is 0 Å². The summed E-state index contributed by atoms with van der Waals surface area (Å²) in [7, 11) is 1.94. The summed E-state index contributed by atoms with van der Waals surface area (Å²) in [4.78, 5) is 0. The molecule has 1 aromatic carbocycles. The van der Waals surface area contributed by atoms with Gasteiger partial charge < -0.3 is 5.32 Å². The molecule has 0 spiro atoms. The smallest absolute Gasteiger partial charge is 0.0762 e. The molecule has 90 valence electrons. The number of hydrogen-bond donors (Lipinski definition) is 1. The number of nitrogens with zero attached hydrogens (tertiary/aromatic N) is 2. The van der Waals surface area contributed by atoms with Crippen LogP contribution in [0.25, 0.3) is 0 Å². The zero-order valence-electron chi connectivity index (χ0n) is 10.6. The van der Waals surface area contributed by atoms with Gasteiger partial charge in [0.15, 0.2) is 0 Å². The minimum atomic E-state index is 0.346. The molecule has 17 heavy (non-hydrogen) atoms. The van der Waals surface area contributed by atoms with Gasteiger partial charge >= 0.3 is 0 Å². The van der Waals surface area contributed by atoms with Crippen molar-refractivity contribution in [3.63, 3.8) is 0 Å². The highest BCUT2D eigenvalue weighted by Crippen LogP contribution is 2.16. The number of hydrogen-bond acceptors (Lipinski definition) is 2. The highest BCUT2D eigenvalue weighted by atomic mass is 15.3. The van der Waals surface area contributed by atoms with E-state index in [9.17, 15) is 0 Å². The molecule has 0 amide bonds. The lowest BCUT2D eigenvalue weighted by Gasteiger charge is -2.15. The van der Waals surface area contributed by atoms with Gasteiger partial charge in [0.05, 0.1) is 5.69 Å². The summed E-state index contributed by atoms with van der Waals surface area (Å²) in [6, 6.07) is 10.9. The third-order valence-corrected chi connectivity index (χ3v) is 3.01. The third-order valence-electron chi connectivity index (χ3n) is 3.01. The van der Waals surface area contributed by atoms with Crippen LogP contribution < -0.4 is 5.32 Å². The van der Waals surface area contributed by atoms with Gasteiger partial charge in [0.1, 0.15) is 0 Å². The number of aryl methyl sites for hydroxylation is 2. The van der Waals surface area contributed by atoms with Crippen molar-refractivity contribution in [3.05, 3.63) is 53.3 Å². The Morgan fingerprint density at radius 1 is 1.29 bits per heavy atom. The number of nitrogens with one attached hydrogen (secondary N) is 1. The summed E-state index contributed by atoms with van der Waals surface area (Å²) in [5.41, 5.74) is 3.75. The van der Waals surface area contributed by atoms with Gasteiger partial charge in [0.25, 0.3) is 0 Å². The number of benzene rings is 1. The van der Waals surface area contributed by atoms with Crippen LogP contribution >= 0.6 is 0 Å². The largest absolute Gasteiger partial charge is 0.304 e. The van der Waals surface area contributed by atoms with Gasteiger partial charge in [0.2, 0.25) is 0 Å². The van der Waals surface area contributed by atoms with Crippen LogP contribution in [0.1, 0.15) is 29.8 Å². The molecule has 0 saturated heterocycles. The van der Waals surface area contributed by atoms with E-state index in [2.05, 4.69) is 48.5 Å². The van der Waals surface area contributed by atoms with E-state index in [0.29, 0.717) is 6.04 Å². The van der Waals surface area contributed by atoms with E-state index in [0.717, 1.165) is 12.2 Å². The predicted molar refractivity (Wildman–Crippen MR) is 69.6 cm³/mol. The molecule has 0 aliphatic rings. The van der Waals surface area contributed by atoms with Gasteiger partial charge in [-0.1, -0.05) is 24.3 Å². The maximum absolute atomic E-state index is 4.35. The minimum Gasteiger partial charge on any atom is -0.304 e. The SMILES string of the molecule is Cc1ccccc1[C@@H](C)NCc1ccn(C)n1. The Labute approximate surface area is 102 Å². The molecule has 0 bridgehead atoms. The van der Waals surface area contributed by atoms with Crippen molar-refractivity contribution in [2.45, 2.75) is 26.4 Å². The van der Waals surface area contributed by atoms with Crippen molar-refractivity contribution in [1.82, 2.24) is 15.1 Å². The molecule has 3 heteroatoms. The lowest BCUT2D eigenvalue weighted by atomic mass is 10.0.